The van der Waals surface area contributed by atoms with E-state index in [9.17, 15) is 29.1 Å². The van der Waals surface area contributed by atoms with Crippen molar-refractivity contribution in [3.8, 4) is 0 Å². The van der Waals surface area contributed by atoms with E-state index >= 15 is 0 Å². The van der Waals surface area contributed by atoms with Crippen LogP contribution in [0.25, 0.3) is 0 Å². The maximum atomic E-state index is 14.0. The fourth-order valence-corrected chi connectivity index (χ4v) is 6.43. The first kappa shape index (κ1) is 30.3. The Labute approximate surface area is 241 Å². The molecule has 0 radical (unpaired) electrons. The topological polar surface area (TPSA) is 148 Å². The van der Waals surface area contributed by atoms with Gasteiger partial charge in [0.25, 0.3) is 0 Å². The molecule has 224 valence electrons. The van der Waals surface area contributed by atoms with Crippen LogP contribution in [0.5, 0.6) is 0 Å². The van der Waals surface area contributed by atoms with Gasteiger partial charge < -0.3 is 26.0 Å². The lowest BCUT2D eigenvalue weighted by atomic mass is 9.82. The molecule has 0 aromatic heterocycles. The van der Waals surface area contributed by atoms with Crippen molar-refractivity contribution in [2.24, 2.45) is 10.8 Å². The molecule has 2 heterocycles. The summed E-state index contributed by atoms with van der Waals surface area (Å²) in [5.41, 5.74) is 1.22. The Kier molecular flexibility index (Phi) is 8.38. The minimum atomic E-state index is -1.25. The van der Waals surface area contributed by atoms with Crippen molar-refractivity contribution >= 4 is 29.7 Å². The molecule has 41 heavy (non-hydrogen) atoms. The molecule has 1 aliphatic carbocycles. The number of benzene rings is 1. The maximum absolute atomic E-state index is 14.0. The van der Waals surface area contributed by atoms with Gasteiger partial charge in [-0.2, -0.15) is 0 Å². The summed E-state index contributed by atoms with van der Waals surface area (Å²) in [6, 6.07) is 4.64. The molecule has 0 saturated carbocycles. The molecule has 4 rings (SSSR count). The van der Waals surface area contributed by atoms with Crippen molar-refractivity contribution in [2.75, 3.05) is 6.54 Å². The Morgan fingerprint density at radius 3 is 2.49 bits per heavy atom. The van der Waals surface area contributed by atoms with Gasteiger partial charge >= 0.3 is 6.09 Å². The monoisotopic (exact) mass is 569 g/mol. The summed E-state index contributed by atoms with van der Waals surface area (Å²) in [6.07, 6.45) is 0.790. The second-order valence-corrected chi connectivity index (χ2v) is 13.5. The van der Waals surface area contributed by atoms with E-state index in [0.717, 1.165) is 29.7 Å². The lowest BCUT2D eigenvalue weighted by molar-refractivity contribution is -0.145. The number of hydrogen-bond donors (Lipinski definition) is 4. The number of carbonyl (C=O) groups is 5. The minimum absolute atomic E-state index is 0.102. The number of fused-ring (bicyclic) bond motifs is 2. The highest BCUT2D eigenvalue weighted by Crippen LogP contribution is 2.41. The molecule has 1 aromatic rings. The Bertz CT molecular complexity index is 1220. The number of hydrogen-bond acceptors (Lipinski definition) is 5. The molecule has 11 heteroatoms. The fraction of sp³-hybridized carbons (Fsp3) is 0.633. The third-order valence-electron chi connectivity index (χ3n) is 8.33. The van der Waals surface area contributed by atoms with E-state index in [1.807, 2.05) is 52.8 Å². The first-order valence-electron chi connectivity index (χ1n) is 14.4. The van der Waals surface area contributed by atoms with Crippen LogP contribution >= 0.6 is 0 Å². The zero-order valence-corrected chi connectivity index (χ0v) is 24.8. The van der Waals surface area contributed by atoms with Crippen molar-refractivity contribution in [3.63, 3.8) is 0 Å². The van der Waals surface area contributed by atoms with E-state index in [1.165, 1.54) is 17.4 Å². The summed E-state index contributed by atoms with van der Waals surface area (Å²) in [4.78, 5) is 68.3. The SMILES string of the molecule is C[C@@H](C(=O)N[C@H]1CC(=O)N[C@H]2CC(C)(C)C(C(=O)N[C@@H]3CCCc4ccccc43)N2C1=O)N(CC(C)(C)C)C(=O)O. The van der Waals surface area contributed by atoms with Gasteiger partial charge in [-0.15, -0.1) is 0 Å². The van der Waals surface area contributed by atoms with Gasteiger partial charge in [0.05, 0.1) is 12.5 Å². The molecule has 1 unspecified atom stereocenters. The number of rotatable bonds is 6. The molecule has 3 aliphatic rings. The second-order valence-electron chi connectivity index (χ2n) is 13.5. The molecule has 11 nitrogen and oxygen atoms in total. The third-order valence-corrected chi connectivity index (χ3v) is 8.33. The van der Waals surface area contributed by atoms with Crippen LogP contribution in [0.15, 0.2) is 24.3 Å². The van der Waals surface area contributed by atoms with Crippen LogP contribution in [-0.2, 0) is 25.6 Å². The predicted octanol–water partition coefficient (Wildman–Crippen LogP) is 2.55. The molecule has 0 spiro atoms. The number of aryl methyl sites for hydroxylation is 1. The average Bonchev–Trinajstić information content (AvgIpc) is 3.08. The summed E-state index contributed by atoms with van der Waals surface area (Å²) < 4.78 is 0. The lowest BCUT2D eigenvalue weighted by Gasteiger charge is -2.36. The average molecular weight is 570 g/mol. The summed E-state index contributed by atoms with van der Waals surface area (Å²) >= 11 is 0. The molecule has 4 N–H and O–H groups in total. The summed E-state index contributed by atoms with van der Waals surface area (Å²) in [7, 11) is 0. The van der Waals surface area contributed by atoms with Gasteiger partial charge in [0, 0.05) is 6.54 Å². The van der Waals surface area contributed by atoms with E-state index in [2.05, 4.69) is 22.0 Å². The molecule has 5 amide bonds. The molecule has 5 atom stereocenters. The first-order chi connectivity index (χ1) is 19.1. The van der Waals surface area contributed by atoms with Crippen LogP contribution in [0.2, 0.25) is 0 Å². The van der Waals surface area contributed by atoms with Gasteiger partial charge in [0.1, 0.15) is 24.3 Å². The van der Waals surface area contributed by atoms with E-state index in [-0.39, 0.29) is 24.9 Å². The van der Waals surface area contributed by atoms with Crippen LogP contribution in [0.1, 0.15) is 84.4 Å². The van der Waals surface area contributed by atoms with E-state index in [1.54, 1.807) is 0 Å². The molecule has 1 aromatic carbocycles. The minimum Gasteiger partial charge on any atom is -0.465 e. The number of amides is 5. The van der Waals surface area contributed by atoms with Crippen molar-refractivity contribution < 1.29 is 29.1 Å². The predicted molar refractivity (Wildman–Crippen MR) is 151 cm³/mol. The summed E-state index contributed by atoms with van der Waals surface area (Å²) in [5.74, 6) is -1.95. The van der Waals surface area contributed by atoms with Gasteiger partial charge in [-0.05, 0) is 54.6 Å². The lowest BCUT2D eigenvalue weighted by Crippen LogP contribution is -2.59. The Balaban J connectivity index is 1.56. The highest BCUT2D eigenvalue weighted by molar-refractivity contribution is 5.98. The molecule has 2 aliphatic heterocycles. The molecule has 2 saturated heterocycles. The zero-order chi connectivity index (χ0) is 30.3. The molecule has 2 fully saturated rings. The smallest absolute Gasteiger partial charge is 0.407 e. The Morgan fingerprint density at radius 2 is 1.83 bits per heavy atom. The van der Waals surface area contributed by atoms with Crippen LogP contribution in [0.4, 0.5) is 4.79 Å². The first-order valence-corrected chi connectivity index (χ1v) is 14.4. The van der Waals surface area contributed by atoms with Crippen molar-refractivity contribution in [2.45, 2.75) is 104 Å². The molecule has 0 bridgehead atoms. The third kappa shape index (κ3) is 6.49. The van der Waals surface area contributed by atoms with Crippen molar-refractivity contribution in [1.29, 1.82) is 0 Å². The number of carboxylic acid groups (broad SMARTS) is 1. The van der Waals surface area contributed by atoms with Crippen molar-refractivity contribution in [3.05, 3.63) is 35.4 Å². The van der Waals surface area contributed by atoms with Gasteiger partial charge in [-0.1, -0.05) is 58.9 Å². The quantitative estimate of drug-likeness (QED) is 0.414. The maximum Gasteiger partial charge on any atom is 0.407 e. The summed E-state index contributed by atoms with van der Waals surface area (Å²) in [6.45, 7) is 10.9. The molecular formula is C30H43N5O6. The van der Waals surface area contributed by atoms with Crippen LogP contribution in [-0.4, -0.2) is 75.5 Å². The van der Waals surface area contributed by atoms with Crippen LogP contribution < -0.4 is 16.0 Å². The molecular weight excluding hydrogens is 526 g/mol. The Morgan fingerprint density at radius 1 is 1.15 bits per heavy atom. The highest BCUT2D eigenvalue weighted by atomic mass is 16.4. The fourth-order valence-electron chi connectivity index (χ4n) is 6.43. The number of nitrogens with one attached hydrogen (secondary N) is 3. The normalized spacial score (nSPS) is 26.1. The number of carbonyl (C=O) groups excluding carboxylic acids is 4. The zero-order valence-electron chi connectivity index (χ0n) is 24.8. The number of nitrogens with zero attached hydrogens (tertiary/aromatic N) is 2. The van der Waals surface area contributed by atoms with Gasteiger partial charge in [0.15, 0.2) is 0 Å². The van der Waals surface area contributed by atoms with Crippen molar-refractivity contribution in [1.82, 2.24) is 25.8 Å². The van der Waals surface area contributed by atoms with Gasteiger partial charge in [0.2, 0.25) is 23.6 Å². The van der Waals surface area contributed by atoms with E-state index in [4.69, 9.17) is 0 Å². The summed E-state index contributed by atoms with van der Waals surface area (Å²) in [5, 5.41) is 18.4. The van der Waals surface area contributed by atoms with Gasteiger partial charge in [-0.25, -0.2) is 4.79 Å². The standard InChI is InChI=1S/C30H43N5O6/c1-17(34(28(40)41)16-29(2,3)4)25(37)32-21-14-23(36)33-22-15-30(5,6)24(35(22)27(21)39)26(38)31-20-13-9-11-18-10-7-8-12-19(18)20/h7-8,10,12,17,20-22,24H,9,11,13-16H2,1-6H3,(H,31,38)(H,32,37)(H,33,36)(H,40,41)/t17-,20+,21-,22+,24?/m0/s1. The largest absolute Gasteiger partial charge is 0.465 e. The second kappa shape index (κ2) is 11.3. The van der Waals surface area contributed by atoms with E-state index in [0.29, 0.717) is 6.42 Å². The van der Waals surface area contributed by atoms with Crippen LogP contribution in [0, 0.1) is 10.8 Å². The van der Waals surface area contributed by atoms with E-state index < -0.39 is 58.9 Å². The Hall–Kier alpha value is -3.63. The van der Waals surface area contributed by atoms with Crippen LogP contribution in [0.3, 0.4) is 0 Å². The van der Waals surface area contributed by atoms with Gasteiger partial charge in [-0.3, -0.25) is 24.1 Å². The highest BCUT2D eigenvalue weighted by Gasteiger charge is 2.55.